The summed E-state index contributed by atoms with van der Waals surface area (Å²) in [6.07, 6.45) is 0.706. The Labute approximate surface area is 180 Å². The summed E-state index contributed by atoms with van der Waals surface area (Å²) in [6.45, 7) is 3.61. The topological polar surface area (TPSA) is 82.7 Å². The first kappa shape index (κ1) is 23.4. The maximum absolute atomic E-state index is 13.2. The molecule has 0 saturated heterocycles. The Bertz CT molecular complexity index is 893. The molecule has 3 amide bonds. The molecule has 3 N–H and O–H groups in total. The maximum Gasteiger partial charge on any atom is 0.323 e. The van der Waals surface area contributed by atoms with Crippen LogP contribution in [0.3, 0.4) is 0 Å². The van der Waals surface area contributed by atoms with Crippen LogP contribution in [0.15, 0.2) is 36.4 Å². The van der Waals surface area contributed by atoms with Gasteiger partial charge in [-0.2, -0.15) is 0 Å². The molecule has 0 atom stereocenters. The molecule has 2 rings (SSSR count). The van der Waals surface area contributed by atoms with E-state index in [4.69, 9.17) is 16.3 Å². The van der Waals surface area contributed by atoms with Gasteiger partial charge in [-0.3, -0.25) is 4.79 Å². The molecule has 7 nitrogen and oxygen atoms in total. The Morgan fingerprint density at radius 2 is 1.77 bits per heavy atom. The van der Waals surface area contributed by atoms with Crippen molar-refractivity contribution >= 4 is 40.6 Å². The normalized spacial score (nSPS) is 10.4. The Morgan fingerprint density at radius 1 is 1.10 bits per heavy atom. The molecule has 30 heavy (non-hydrogen) atoms. The van der Waals surface area contributed by atoms with E-state index in [-0.39, 0.29) is 10.9 Å². The number of nitrogens with zero attached hydrogens (tertiary/aromatic N) is 1. The van der Waals surface area contributed by atoms with Gasteiger partial charge in [0.2, 0.25) is 0 Å². The summed E-state index contributed by atoms with van der Waals surface area (Å²) in [6, 6.07) is 8.38. The largest absolute Gasteiger partial charge is 0.382 e. The number of benzene rings is 2. The van der Waals surface area contributed by atoms with Gasteiger partial charge in [-0.1, -0.05) is 11.6 Å². The quantitative estimate of drug-likeness (QED) is 0.510. The van der Waals surface area contributed by atoms with Gasteiger partial charge < -0.3 is 25.6 Å². The summed E-state index contributed by atoms with van der Waals surface area (Å²) in [5.74, 6) is -0.816. The molecule has 0 aromatic heterocycles. The third-order valence-electron chi connectivity index (χ3n) is 4.11. The number of hydrogen-bond donors (Lipinski definition) is 3. The average Bonchev–Trinajstić information content (AvgIpc) is 2.70. The highest BCUT2D eigenvalue weighted by atomic mass is 35.5. The molecule has 0 saturated carbocycles. The van der Waals surface area contributed by atoms with Crippen molar-refractivity contribution in [1.82, 2.24) is 5.32 Å². The lowest BCUT2D eigenvalue weighted by atomic mass is 10.1. The van der Waals surface area contributed by atoms with Crippen LogP contribution in [0, 0.1) is 5.82 Å². The van der Waals surface area contributed by atoms with Crippen molar-refractivity contribution in [1.29, 1.82) is 0 Å². The Morgan fingerprint density at radius 3 is 2.40 bits per heavy atom. The van der Waals surface area contributed by atoms with E-state index in [1.807, 2.05) is 25.9 Å². The second-order valence-corrected chi connectivity index (χ2v) is 7.05. The van der Waals surface area contributed by atoms with Gasteiger partial charge in [0.25, 0.3) is 5.91 Å². The molecule has 0 unspecified atom stereocenters. The maximum atomic E-state index is 13.2. The van der Waals surface area contributed by atoms with Gasteiger partial charge in [0.1, 0.15) is 5.82 Å². The van der Waals surface area contributed by atoms with Crippen LogP contribution in [-0.2, 0) is 4.74 Å². The standard InChI is InChI=1S/C21H26ClFN4O3/c1-4-30-11-5-10-24-20(28)16-12-14(7-9-19(16)27(2)3)25-21(29)26-15-6-8-18(23)17(22)13-15/h6-9,12-13H,4-5,10-11H2,1-3H3,(H,24,28)(H2,25,26,29). The van der Waals surface area contributed by atoms with E-state index in [1.165, 1.54) is 12.1 Å². The summed E-state index contributed by atoms with van der Waals surface area (Å²) in [7, 11) is 3.67. The van der Waals surface area contributed by atoms with Crippen LogP contribution < -0.4 is 20.9 Å². The van der Waals surface area contributed by atoms with E-state index in [0.717, 1.165) is 6.07 Å². The molecule has 0 spiro atoms. The van der Waals surface area contributed by atoms with Gasteiger partial charge in [-0.15, -0.1) is 0 Å². The Hall–Kier alpha value is -2.84. The highest BCUT2D eigenvalue weighted by Gasteiger charge is 2.15. The SMILES string of the molecule is CCOCCCNC(=O)c1cc(NC(=O)Nc2ccc(F)c(Cl)c2)ccc1N(C)C. The Kier molecular flexibility index (Phi) is 8.89. The van der Waals surface area contributed by atoms with Crippen molar-refractivity contribution in [2.45, 2.75) is 13.3 Å². The third-order valence-corrected chi connectivity index (χ3v) is 4.40. The van der Waals surface area contributed by atoms with E-state index in [2.05, 4.69) is 16.0 Å². The number of carbonyl (C=O) groups is 2. The number of amides is 3. The van der Waals surface area contributed by atoms with Crippen LogP contribution in [0.2, 0.25) is 5.02 Å². The fourth-order valence-electron chi connectivity index (χ4n) is 2.67. The molecule has 0 heterocycles. The van der Waals surface area contributed by atoms with Crippen molar-refractivity contribution in [3.8, 4) is 0 Å². The van der Waals surface area contributed by atoms with Gasteiger partial charge in [-0.05, 0) is 49.7 Å². The number of rotatable bonds is 9. The monoisotopic (exact) mass is 436 g/mol. The zero-order valence-corrected chi connectivity index (χ0v) is 18.0. The van der Waals surface area contributed by atoms with E-state index in [0.29, 0.717) is 48.8 Å². The van der Waals surface area contributed by atoms with Crippen molar-refractivity contribution in [3.63, 3.8) is 0 Å². The summed E-state index contributed by atoms with van der Waals surface area (Å²) in [5, 5.41) is 8.01. The molecule has 2 aromatic rings. The van der Waals surface area contributed by atoms with Crippen LogP contribution in [0.1, 0.15) is 23.7 Å². The second kappa shape index (κ2) is 11.4. The van der Waals surface area contributed by atoms with Gasteiger partial charge >= 0.3 is 6.03 Å². The molecule has 0 aliphatic rings. The second-order valence-electron chi connectivity index (χ2n) is 6.64. The third kappa shape index (κ3) is 6.89. The highest BCUT2D eigenvalue weighted by molar-refractivity contribution is 6.31. The lowest BCUT2D eigenvalue weighted by molar-refractivity contribution is 0.0944. The summed E-state index contributed by atoms with van der Waals surface area (Å²) in [5.41, 5.74) is 1.93. The fraction of sp³-hybridized carbons (Fsp3) is 0.333. The molecule has 2 aromatic carbocycles. The van der Waals surface area contributed by atoms with Crippen LogP contribution >= 0.6 is 11.6 Å². The molecule has 162 valence electrons. The minimum absolute atomic E-state index is 0.0913. The van der Waals surface area contributed by atoms with Crippen LogP contribution in [0.5, 0.6) is 0 Å². The summed E-state index contributed by atoms with van der Waals surface area (Å²) >= 11 is 5.73. The van der Waals surface area contributed by atoms with E-state index >= 15 is 0 Å². The predicted molar refractivity (Wildman–Crippen MR) is 118 cm³/mol. The van der Waals surface area contributed by atoms with E-state index < -0.39 is 11.8 Å². The van der Waals surface area contributed by atoms with Crippen LogP contribution in [0.4, 0.5) is 26.2 Å². The van der Waals surface area contributed by atoms with Gasteiger partial charge in [-0.25, -0.2) is 9.18 Å². The van der Waals surface area contributed by atoms with Gasteiger partial charge in [0.05, 0.1) is 10.6 Å². The molecule has 0 aliphatic carbocycles. The number of carbonyl (C=O) groups excluding carboxylic acids is 2. The number of nitrogens with one attached hydrogen (secondary N) is 3. The summed E-state index contributed by atoms with van der Waals surface area (Å²) in [4.78, 5) is 26.7. The fourth-order valence-corrected chi connectivity index (χ4v) is 2.85. The predicted octanol–water partition coefficient (Wildman–Crippen LogP) is 4.35. The molecule has 0 aliphatic heterocycles. The minimum atomic E-state index is -0.571. The lowest BCUT2D eigenvalue weighted by Gasteiger charge is -2.18. The van der Waals surface area contributed by atoms with E-state index in [9.17, 15) is 14.0 Å². The Balaban J connectivity index is 2.07. The first-order valence-electron chi connectivity index (χ1n) is 9.52. The van der Waals surface area contributed by atoms with Crippen molar-refractivity contribution in [2.75, 3.05) is 49.4 Å². The first-order chi connectivity index (χ1) is 14.3. The molecule has 0 radical (unpaired) electrons. The lowest BCUT2D eigenvalue weighted by Crippen LogP contribution is -2.27. The van der Waals surface area contributed by atoms with Crippen LogP contribution in [0.25, 0.3) is 0 Å². The molecular weight excluding hydrogens is 411 g/mol. The zero-order valence-electron chi connectivity index (χ0n) is 17.2. The smallest absolute Gasteiger partial charge is 0.323 e. The number of ether oxygens (including phenoxy) is 1. The minimum Gasteiger partial charge on any atom is -0.382 e. The highest BCUT2D eigenvalue weighted by Crippen LogP contribution is 2.24. The van der Waals surface area contributed by atoms with Crippen molar-refractivity contribution < 1.29 is 18.7 Å². The number of anilines is 3. The molecule has 0 bridgehead atoms. The number of urea groups is 1. The van der Waals surface area contributed by atoms with Crippen molar-refractivity contribution in [2.24, 2.45) is 0 Å². The average molecular weight is 437 g/mol. The number of hydrogen-bond acceptors (Lipinski definition) is 4. The first-order valence-corrected chi connectivity index (χ1v) is 9.90. The zero-order chi connectivity index (χ0) is 22.1. The van der Waals surface area contributed by atoms with Crippen molar-refractivity contribution in [3.05, 3.63) is 52.8 Å². The number of halogens is 2. The molecular formula is C21H26ClFN4O3. The van der Waals surface area contributed by atoms with Gasteiger partial charge in [0, 0.05) is 50.9 Å². The van der Waals surface area contributed by atoms with Crippen LogP contribution in [-0.4, -0.2) is 45.8 Å². The molecule has 0 fully saturated rings. The van der Waals surface area contributed by atoms with E-state index in [1.54, 1.807) is 18.2 Å². The van der Waals surface area contributed by atoms with Gasteiger partial charge in [0.15, 0.2) is 0 Å². The summed E-state index contributed by atoms with van der Waals surface area (Å²) < 4.78 is 18.5. The molecule has 9 heteroatoms.